The van der Waals surface area contributed by atoms with Crippen LogP contribution in [-0.2, 0) is 9.53 Å². The number of carbonyl (C=O) groups is 1. The van der Waals surface area contributed by atoms with Crippen molar-refractivity contribution in [1.29, 1.82) is 0 Å². The molecule has 4 heteroatoms. The van der Waals surface area contributed by atoms with Gasteiger partial charge in [0, 0.05) is 11.5 Å². The highest BCUT2D eigenvalue weighted by atomic mass is 79.9. The van der Waals surface area contributed by atoms with Crippen LogP contribution in [0, 0.1) is 0 Å². The standard InChI is InChI=1S/C7H10BrClO2/c1-5(2)7(10)11-4-6(8)3-9/h6H,1,3-4H2,2H3. The smallest absolute Gasteiger partial charge is 0.333 e. The summed E-state index contributed by atoms with van der Waals surface area (Å²) >= 11 is 8.67. The first-order chi connectivity index (χ1) is 5.07. The minimum absolute atomic E-state index is 0.0208. The van der Waals surface area contributed by atoms with Gasteiger partial charge >= 0.3 is 5.97 Å². The van der Waals surface area contributed by atoms with E-state index >= 15 is 0 Å². The summed E-state index contributed by atoms with van der Waals surface area (Å²) in [6, 6.07) is 0. The third-order valence-electron chi connectivity index (χ3n) is 0.911. The molecule has 11 heavy (non-hydrogen) atoms. The highest BCUT2D eigenvalue weighted by molar-refractivity contribution is 9.09. The first kappa shape index (κ1) is 11.0. The van der Waals surface area contributed by atoms with Crippen molar-refractivity contribution in [2.24, 2.45) is 0 Å². The van der Waals surface area contributed by atoms with Gasteiger partial charge in [-0.15, -0.1) is 11.6 Å². The lowest BCUT2D eigenvalue weighted by molar-refractivity contribution is -0.138. The van der Waals surface area contributed by atoms with Crippen molar-refractivity contribution in [3.63, 3.8) is 0 Å². The molecule has 0 aromatic heterocycles. The van der Waals surface area contributed by atoms with Gasteiger partial charge in [-0.3, -0.25) is 0 Å². The van der Waals surface area contributed by atoms with Crippen molar-refractivity contribution in [2.45, 2.75) is 11.8 Å². The molecule has 0 radical (unpaired) electrons. The van der Waals surface area contributed by atoms with Crippen LogP contribution < -0.4 is 0 Å². The van der Waals surface area contributed by atoms with E-state index in [-0.39, 0.29) is 17.4 Å². The zero-order valence-electron chi connectivity index (χ0n) is 6.27. The Labute approximate surface area is 79.7 Å². The second-order valence-electron chi connectivity index (χ2n) is 2.13. The van der Waals surface area contributed by atoms with E-state index in [1.54, 1.807) is 6.92 Å². The second kappa shape index (κ2) is 5.61. The first-order valence-electron chi connectivity index (χ1n) is 3.10. The molecule has 0 saturated heterocycles. The Hall–Kier alpha value is -0.0200. The van der Waals surface area contributed by atoms with Crippen molar-refractivity contribution in [2.75, 3.05) is 12.5 Å². The van der Waals surface area contributed by atoms with E-state index in [1.165, 1.54) is 0 Å². The maximum Gasteiger partial charge on any atom is 0.333 e. The monoisotopic (exact) mass is 240 g/mol. The average molecular weight is 242 g/mol. The fourth-order valence-electron chi connectivity index (χ4n) is 0.334. The van der Waals surface area contributed by atoms with E-state index in [1.807, 2.05) is 0 Å². The van der Waals surface area contributed by atoms with Gasteiger partial charge in [0.05, 0.1) is 4.83 Å². The van der Waals surface area contributed by atoms with Gasteiger partial charge in [0.25, 0.3) is 0 Å². The summed E-state index contributed by atoms with van der Waals surface area (Å²) in [5, 5.41) is 0. The van der Waals surface area contributed by atoms with Crippen molar-refractivity contribution < 1.29 is 9.53 Å². The number of ether oxygens (including phenoxy) is 1. The van der Waals surface area contributed by atoms with Gasteiger partial charge in [-0.05, 0) is 6.92 Å². The van der Waals surface area contributed by atoms with Crippen LogP contribution in [0.5, 0.6) is 0 Å². The summed E-state index contributed by atoms with van der Waals surface area (Å²) in [7, 11) is 0. The molecule has 1 atom stereocenters. The molecule has 1 unspecified atom stereocenters. The van der Waals surface area contributed by atoms with Crippen LogP contribution in [0.4, 0.5) is 0 Å². The molecule has 0 aliphatic rings. The summed E-state index contributed by atoms with van der Waals surface area (Å²) in [4.78, 5) is 10.8. The minimum atomic E-state index is -0.375. The molecular formula is C7H10BrClO2. The number of rotatable bonds is 4. The van der Waals surface area contributed by atoms with E-state index in [4.69, 9.17) is 16.3 Å². The summed E-state index contributed by atoms with van der Waals surface area (Å²) in [6.07, 6.45) is 0. The lowest BCUT2D eigenvalue weighted by atomic mass is 10.4. The summed E-state index contributed by atoms with van der Waals surface area (Å²) in [6.45, 7) is 5.33. The molecule has 0 fully saturated rings. The van der Waals surface area contributed by atoms with E-state index < -0.39 is 0 Å². The number of hydrogen-bond donors (Lipinski definition) is 0. The second-order valence-corrected chi connectivity index (χ2v) is 3.73. The van der Waals surface area contributed by atoms with E-state index in [2.05, 4.69) is 22.5 Å². The maximum absolute atomic E-state index is 10.8. The molecule has 2 nitrogen and oxygen atoms in total. The predicted octanol–water partition coefficient (Wildman–Crippen LogP) is 2.11. The Balaban J connectivity index is 3.54. The van der Waals surface area contributed by atoms with Crippen LogP contribution in [0.1, 0.15) is 6.92 Å². The summed E-state index contributed by atoms with van der Waals surface area (Å²) < 4.78 is 4.79. The first-order valence-corrected chi connectivity index (χ1v) is 4.55. The zero-order chi connectivity index (χ0) is 8.85. The van der Waals surface area contributed by atoms with Gasteiger partial charge in [0.2, 0.25) is 0 Å². The highest BCUT2D eigenvalue weighted by Crippen LogP contribution is 2.03. The minimum Gasteiger partial charge on any atom is -0.461 e. The van der Waals surface area contributed by atoms with Gasteiger partial charge in [-0.2, -0.15) is 0 Å². The molecule has 0 aliphatic heterocycles. The topological polar surface area (TPSA) is 26.3 Å². The number of carbonyl (C=O) groups excluding carboxylic acids is 1. The van der Waals surface area contributed by atoms with Crippen LogP contribution in [0.2, 0.25) is 0 Å². The third kappa shape index (κ3) is 5.27. The molecule has 0 spiro atoms. The van der Waals surface area contributed by atoms with Crippen LogP contribution >= 0.6 is 27.5 Å². The Bertz CT molecular complexity index is 159. The molecular weight excluding hydrogens is 231 g/mol. The molecule has 0 aromatic carbocycles. The van der Waals surface area contributed by atoms with E-state index in [0.29, 0.717) is 11.5 Å². The van der Waals surface area contributed by atoms with Gasteiger partial charge in [0.1, 0.15) is 6.61 Å². The number of esters is 1. The Morgan fingerprint density at radius 1 is 1.82 bits per heavy atom. The lowest BCUT2D eigenvalue weighted by Crippen LogP contribution is -2.14. The fraction of sp³-hybridized carbons (Fsp3) is 0.571. The van der Waals surface area contributed by atoms with Gasteiger partial charge in [-0.25, -0.2) is 4.79 Å². The van der Waals surface area contributed by atoms with Crippen molar-refractivity contribution in [3.05, 3.63) is 12.2 Å². The van der Waals surface area contributed by atoms with E-state index in [0.717, 1.165) is 0 Å². The van der Waals surface area contributed by atoms with Gasteiger partial charge < -0.3 is 4.74 Å². The molecule has 0 N–H and O–H groups in total. The predicted molar refractivity (Wildman–Crippen MR) is 49.2 cm³/mol. The molecule has 0 saturated carbocycles. The number of alkyl halides is 2. The largest absolute Gasteiger partial charge is 0.461 e. The zero-order valence-corrected chi connectivity index (χ0v) is 8.61. The van der Waals surface area contributed by atoms with Crippen molar-refractivity contribution in [3.8, 4) is 0 Å². The maximum atomic E-state index is 10.8. The Morgan fingerprint density at radius 3 is 2.73 bits per heavy atom. The highest BCUT2D eigenvalue weighted by Gasteiger charge is 2.07. The number of halogens is 2. The fourth-order valence-corrected chi connectivity index (χ4v) is 0.555. The molecule has 0 heterocycles. The van der Waals surface area contributed by atoms with E-state index in [9.17, 15) is 4.79 Å². The third-order valence-corrected chi connectivity index (χ3v) is 2.24. The molecule has 0 bridgehead atoms. The average Bonchev–Trinajstić information content (AvgIpc) is 1.99. The summed E-state index contributed by atoms with van der Waals surface area (Å²) in [5.41, 5.74) is 0.402. The molecule has 0 aliphatic carbocycles. The van der Waals surface area contributed by atoms with Crippen LogP contribution in [0.3, 0.4) is 0 Å². The van der Waals surface area contributed by atoms with Crippen LogP contribution in [0.25, 0.3) is 0 Å². The van der Waals surface area contributed by atoms with Gasteiger partial charge in [0.15, 0.2) is 0 Å². The quantitative estimate of drug-likeness (QED) is 0.428. The van der Waals surface area contributed by atoms with Crippen molar-refractivity contribution in [1.82, 2.24) is 0 Å². The van der Waals surface area contributed by atoms with Crippen molar-refractivity contribution >= 4 is 33.5 Å². The van der Waals surface area contributed by atoms with Gasteiger partial charge in [-0.1, -0.05) is 22.5 Å². The SMILES string of the molecule is C=C(C)C(=O)OCC(Br)CCl. The Kier molecular flexibility index (Phi) is 5.60. The molecule has 0 amide bonds. The normalized spacial score (nSPS) is 12.3. The van der Waals surface area contributed by atoms with Crippen LogP contribution in [0.15, 0.2) is 12.2 Å². The Morgan fingerprint density at radius 2 is 2.36 bits per heavy atom. The number of hydrogen-bond acceptors (Lipinski definition) is 2. The summed E-state index contributed by atoms with van der Waals surface area (Å²) in [5.74, 6) is 0.0447. The lowest BCUT2D eigenvalue weighted by Gasteiger charge is -2.06. The molecule has 0 rings (SSSR count). The molecule has 64 valence electrons. The van der Waals surface area contributed by atoms with Crippen LogP contribution in [-0.4, -0.2) is 23.3 Å². The molecule has 0 aromatic rings.